The summed E-state index contributed by atoms with van der Waals surface area (Å²) >= 11 is 0. The third kappa shape index (κ3) is 7.09. The van der Waals surface area contributed by atoms with Gasteiger partial charge in [-0.3, -0.25) is 9.59 Å². The maximum atomic E-state index is 13.7. The Balaban J connectivity index is 2.24. The molecule has 0 spiro atoms. The minimum Gasteiger partial charge on any atom is -0.496 e. The molecule has 0 aromatic heterocycles. The first-order valence-electron chi connectivity index (χ1n) is 10.3. The summed E-state index contributed by atoms with van der Waals surface area (Å²) in [5, 5.41) is 0. The Bertz CT molecular complexity index is 889. The molecular weight excluding hydrogens is 399 g/mol. The molecule has 0 aliphatic rings. The Kier molecular flexibility index (Phi) is 8.20. The minimum absolute atomic E-state index is 0.0707. The van der Waals surface area contributed by atoms with Gasteiger partial charge in [0.25, 0.3) is 0 Å². The molecule has 0 amide bonds. The van der Waals surface area contributed by atoms with E-state index < -0.39 is 35.4 Å². The zero-order valence-electron chi connectivity index (χ0n) is 19.0. The lowest BCUT2D eigenvalue weighted by atomic mass is 9.86. The molecule has 0 saturated carbocycles. The summed E-state index contributed by atoms with van der Waals surface area (Å²) in [7, 11) is 1.47. The maximum absolute atomic E-state index is 13.7. The predicted octanol–water partition coefficient (Wildman–Crippen LogP) is 5.27. The van der Waals surface area contributed by atoms with Crippen LogP contribution in [-0.4, -0.2) is 30.8 Å². The number of rotatable bonds is 8. The van der Waals surface area contributed by atoms with Crippen molar-refractivity contribution in [1.82, 2.24) is 0 Å². The molecule has 31 heavy (non-hydrogen) atoms. The van der Waals surface area contributed by atoms with Crippen molar-refractivity contribution in [2.75, 3.05) is 7.11 Å². The van der Waals surface area contributed by atoms with Crippen molar-refractivity contribution in [3.05, 3.63) is 65.5 Å². The molecule has 0 bridgehead atoms. The van der Waals surface area contributed by atoms with Crippen LogP contribution < -0.4 is 4.74 Å². The van der Waals surface area contributed by atoms with Gasteiger partial charge in [-0.1, -0.05) is 43.3 Å². The van der Waals surface area contributed by atoms with Crippen LogP contribution in [0.25, 0.3) is 0 Å². The van der Waals surface area contributed by atoms with Gasteiger partial charge in [0.1, 0.15) is 23.3 Å². The van der Waals surface area contributed by atoms with Crippen LogP contribution >= 0.6 is 0 Å². The quantitative estimate of drug-likeness (QED) is 0.534. The molecular formula is C25H31FO5. The van der Waals surface area contributed by atoms with Gasteiger partial charge in [0.2, 0.25) is 0 Å². The Hall–Kier alpha value is -2.89. The number of methoxy groups -OCH3 is 1. The molecule has 0 radical (unpaired) electrons. The van der Waals surface area contributed by atoms with Crippen LogP contribution in [0.1, 0.15) is 58.1 Å². The predicted molar refractivity (Wildman–Crippen MR) is 116 cm³/mol. The molecule has 0 aliphatic heterocycles. The molecule has 0 aliphatic carbocycles. The smallest absolute Gasteiger partial charge is 0.309 e. The highest BCUT2D eigenvalue weighted by molar-refractivity contribution is 5.80. The summed E-state index contributed by atoms with van der Waals surface area (Å²) in [6.07, 6.45) is -0.658. The minimum atomic E-state index is -0.663. The third-order valence-corrected chi connectivity index (χ3v) is 4.76. The zero-order valence-corrected chi connectivity index (χ0v) is 19.0. The third-order valence-electron chi connectivity index (χ3n) is 4.76. The van der Waals surface area contributed by atoms with Crippen LogP contribution in [0.4, 0.5) is 4.39 Å². The summed E-state index contributed by atoms with van der Waals surface area (Å²) in [6, 6.07) is 13.8. The van der Waals surface area contributed by atoms with Crippen molar-refractivity contribution >= 4 is 11.9 Å². The van der Waals surface area contributed by atoms with Gasteiger partial charge >= 0.3 is 11.9 Å². The fourth-order valence-electron chi connectivity index (χ4n) is 3.39. The lowest BCUT2D eigenvalue weighted by Gasteiger charge is -2.27. The van der Waals surface area contributed by atoms with Gasteiger partial charge in [0.05, 0.1) is 19.4 Å². The van der Waals surface area contributed by atoms with Crippen LogP contribution in [-0.2, 0) is 19.1 Å². The van der Waals surface area contributed by atoms with E-state index in [1.807, 2.05) is 30.3 Å². The SMILES string of the molecule is COc1cc(F)ccc1[C@@H](c1ccccc1)[C@H](C)OC(=O)[C@H](C)CC(=O)OC(C)(C)C. The summed E-state index contributed by atoms with van der Waals surface area (Å²) in [4.78, 5) is 24.8. The lowest BCUT2D eigenvalue weighted by molar-refractivity contribution is -0.163. The van der Waals surface area contributed by atoms with E-state index in [0.29, 0.717) is 11.3 Å². The monoisotopic (exact) mass is 430 g/mol. The zero-order chi connectivity index (χ0) is 23.2. The van der Waals surface area contributed by atoms with Gasteiger partial charge in [0, 0.05) is 17.5 Å². The highest BCUT2D eigenvalue weighted by Gasteiger charge is 2.30. The maximum Gasteiger partial charge on any atom is 0.309 e. The van der Waals surface area contributed by atoms with Gasteiger partial charge in [-0.25, -0.2) is 4.39 Å². The fraction of sp³-hybridized carbons (Fsp3) is 0.440. The number of carbonyl (C=O) groups excluding carboxylic acids is 2. The summed E-state index contributed by atoms with van der Waals surface area (Å²) in [5.41, 5.74) is 0.980. The highest BCUT2D eigenvalue weighted by atomic mass is 19.1. The number of esters is 2. The highest BCUT2D eigenvalue weighted by Crippen LogP contribution is 2.36. The molecule has 6 heteroatoms. The van der Waals surface area contributed by atoms with Gasteiger partial charge in [-0.15, -0.1) is 0 Å². The van der Waals surface area contributed by atoms with Crippen molar-refractivity contribution in [3.8, 4) is 5.75 Å². The standard InChI is InChI=1S/C25H31FO5/c1-16(14-22(27)31-25(3,4)5)24(28)30-17(2)23(18-10-8-7-9-11-18)20-13-12-19(26)15-21(20)29-6/h7-13,15-17,23H,14H2,1-6H3/t16-,17+,23-/m1/s1. The molecule has 3 atom stereocenters. The molecule has 0 saturated heterocycles. The Morgan fingerprint density at radius 3 is 2.26 bits per heavy atom. The Labute approximate surface area is 183 Å². The van der Waals surface area contributed by atoms with Crippen LogP contribution in [0.15, 0.2) is 48.5 Å². The second-order valence-electron chi connectivity index (χ2n) is 8.61. The molecule has 0 fully saturated rings. The second kappa shape index (κ2) is 10.4. The average Bonchev–Trinajstić information content (AvgIpc) is 2.68. The van der Waals surface area contributed by atoms with Gasteiger partial charge < -0.3 is 14.2 Å². The molecule has 5 nitrogen and oxygen atoms in total. The molecule has 0 heterocycles. The van der Waals surface area contributed by atoms with Crippen LogP contribution in [0.2, 0.25) is 0 Å². The van der Waals surface area contributed by atoms with E-state index in [0.717, 1.165) is 5.56 Å². The van der Waals surface area contributed by atoms with Crippen molar-refractivity contribution < 1.29 is 28.2 Å². The topological polar surface area (TPSA) is 61.8 Å². The number of halogens is 1. The Morgan fingerprint density at radius 2 is 1.68 bits per heavy atom. The molecule has 2 aromatic rings. The van der Waals surface area contributed by atoms with Crippen molar-refractivity contribution in [3.63, 3.8) is 0 Å². The van der Waals surface area contributed by atoms with E-state index >= 15 is 0 Å². The number of hydrogen-bond acceptors (Lipinski definition) is 5. The Morgan fingerprint density at radius 1 is 1.03 bits per heavy atom. The molecule has 168 valence electrons. The first kappa shape index (κ1) is 24.4. The molecule has 2 aromatic carbocycles. The van der Waals surface area contributed by atoms with E-state index in [2.05, 4.69) is 0 Å². The molecule has 0 N–H and O–H groups in total. The van der Waals surface area contributed by atoms with Gasteiger partial charge in [0.15, 0.2) is 0 Å². The number of hydrogen-bond donors (Lipinski definition) is 0. The van der Waals surface area contributed by atoms with E-state index in [1.54, 1.807) is 40.7 Å². The summed E-state index contributed by atoms with van der Waals surface area (Å²) in [5.74, 6) is -2.04. The van der Waals surface area contributed by atoms with E-state index in [4.69, 9.17) is 14.2 Å². The number of benzene rings is 2. The van der Waals surface area contributed by atoms with Crippen LogP contribution in [0.5, 0.6) is 5.75 Å². The largest absolute Gasteiger partial charge is 0.496 e. The fourth-order valence-corrected chi connectivity index (χ4v) is 3.39. The van der Waals surface area contributed by atoms with Crippen LogP contribution in [0, 0.1) is 11.7 Å². The molecule has 2 rings (SSSR count). The first-order valence-corrected chi connectivity index (χ1v) is 10.3. The van der Waals surface area contributed by atoms with E-state index in [9.17, 15) is 14.0 Å². The van der Waals surface area contributed by atoms with Crippen molar-refractivity contribution in [2.45, 2.75) is 58.7 Å². The molecule has 0 unspecified atom stereocenters. The summed E-state index contributed by atoms with van der Waals surface area (Å²) < 4.78 is 30.2. The average molecular weight is 431 g/mol. The number of ether oxygens (including phenoxy) is 3. The van der Waals surface area contributed by atoms with Crippen LogP contribution in [0.3, 0.4) is 0 Å². The first-order chi connectivity index (χ1) is 14.5. The van der Waals surface area contributed by atoms with Crippen molar-refractivity contribution in [2.24, 2.45) is 5.92 Å². The van der Waals surface area contributed by atoms with Gasteiger partial charge in [-0.05, 0) is 39.3 Å². The van der Waals surface area contributed by atoms with E-state index in [-0.39, 0.29) is 12.3 Å². The lowest BCUT2D eigenvalue weighted by Crippen LogP contribution is -2.30. The number of carbonyl (C=O) groups is 2. The normalized spacial score (nSPS) is 14.3. The summed E-state index contributed by atoms with van der Waals surface area (Å²) in [6.45, 7) is 8.73. The van der Waals surface area contributed by atoms with E-state index in [1.165, 1.54) is 19.2 Å². The van der Waals surface area contributed by atoms with Gasteiger partial charge in [-0.2, -0.15) is 0 Å². The van der Waals surface area contributed by atoms with Crippen molar-refractivity contribution in [1.29, 1.82) is 0 Å². The second-order valence-corrected chi connectivity index (χ2v) is 8.61.